The van der Waals surface area contributed by atoms with Crippen LogP contribution >= 0.6 is 15.9 Å². The van der Waals surface area contributed by atoms with Gasteiger partial charge in [0, 0.05) is 28.3 Å². The predicted molar refractivity (Wildman–Crippen MR) is 128 cm³/mol. The first-order valence-electron chi connectivity index (χ1n) is 9.71. The van der Waals surface area contributed by atoms with Crippen molar-refractivity contribution in [1.82, 2.24) is 0 Å². The smallest absolute Gasteiger partial charge is 0.266 e. The van der Waals surface area contributed by atoms with Crippen molar-refractivity contribution in [3.05, 3.63) is 94.0 Å². The number of nitriles is 1. The van der Waals surface area contributed by atoms with Crippen LogP contribution in [0.5, 0.6) is 5.75 Å². The summed E-state index contributed by atoms with van der Waals surface area (Å²) >= 11 is 3.42. The van der Waals surface area contributed by atoms with Gasteiger partial charge in [0.2, 0.25) is 5.91 Å². The fraction of sp³-hybridized carbons (Fsp3) is 0.0800. The Labute approximate surface area is 194 Å². The third kappa shape index (κ3) is 6.56. The lowest BCUT2D eigenvalue weighted by molar-refractivity contribution is -0.114. The molecule has 0 fully saturated rings. The van der Waals surface area contributed by atoms with E-state index in [1.54, 1.807) is 36.4 Å². The number of amides is 2. The summed E-state index contributed by atoms with van der Waals surface area (Å²) in [4.78, 5) is 23.8. The van der Waals surface area contributed by atoms with Gasteiger partial charge < -0.3 is 15.4 Å². The standard InChI is InChI=1S/C25H20BrN3O3/c1-17(30)28-22-8-10-23(11-9-22)29-25(31)20(15-27)13-19-14-21(26)7-12-24(19)32-16-18-5-3-2-4-6-18/h2-14H,16H2,1H3,(H,28,30)(H,29,31)/b20-13+. The molecule has 0 spiro atoms. The summed E-state index contributed by atoms with van der Waals surface area (Å²) in [6.07, 6.45) is 1.49. The predicted octanol–water partition coefficient (Wildman–Crippen LogP) is 5.53. The number of anilines is 2. The van der Waals surface area contributed by atoms with Gasteiger partial charge in [-0.05, 0) is 54.1 Å². The van der Waals surface area contributed by atoms with Gasteiger partial charge >= 0.3 is 0 Å². The number of nitrogens with one attached hydrogen (secondary N) is 2. The molecule has 32 heavy (non-hydrogen) atoms. The lowest BCUT2D eigenvalue weighted by Gasteiger charge is -2.11. The molecule has 0 radical (unpaired) electrons. The largest absolute Gasteiger partial charge is 0.488 e. The van der Waals surface area contributed by atoms with Crippen LogP contribution in [0.3, 0.4) is 0 Å². The molecule has 0 heterocycles. The highest BCUT2D eigenvalue weighted by Gasteiger charge is 2.12. The molecule has 3 aromatic rings. The molecule has 160 valence electrons. The molecular weight excluding hydrogens is 470 g/mol. The summed E-state index contributed by atoms with van der Waals surface area (Å²) < 4.78 is 6.72. The van der Waals surface area contributed by atoms with Gasteiger partial charge in [-0.2, -0.15) is 5.26 Å². The number of hydrogen-bond donors (Lipinski definition) is 2. The lowest BCUT2D eigenvalue weighted by Crippen LogP contribution is -2.13. The number of carbonyl (C=O) groups excluding carboxylic acids is 2. The zero-order chi connectivity index (χ0) is 22.9. The van der Waals surface area contributed by atoms with Crippen molar-refractivity contribution in [2.45, 2.75) is 13.5 Å². The van der Waals surface area contributed by atoms with E-state index >= 15 is 0 Å². The summed E-state index contributed by atoms with van der Waals surface area (Å²) in [5, 5.41) is 14.9. The van der Waals surface area contributed by atoms with E-state index in [2.05, 4.69) is 26.6 Å². The number of carbonyl (C=O) groups is 2. The van der Waals surface area contributed by atoms with Crippen LogP contribution in [0.15, 0.2) is 82.8 Å². The first kappa shape index (κ1) is 22.8. The third-order valence-electron chi connectivity index (χ3n) is 4.34. The molecule has 3 rings (SSSR count). The topological polar surface area (TPSA) is 91.2 Å². The second-order valence-electron chi connectivity index (χ2n) is 6.84. The van der Waals surface area contributed by atoms with Gasteiger partial charge in [-0.1, -0.05) is 46.3 Å². The fourth-order valence-electron chi connectivity index (χ4n) is 2.84. The Morgan fingerprint density at radius 3 is 2.28 bits per heavy atom. The SMILES string of the molecule is CC(=O)Nc1ccc(NC(=O)/C(C#N)=C/c2cc(Br)ccc2OCc2ccccc2)cc1. The van der Waals surface area contributed by atoms with Crippen molar-refractivity contribution >= 4 is 45.2 Å². The van der Waals surface area contributed by atoms with E-state index in [4.69, 9.17) is 4.74 Å². The van der Waals surface area contributed by atoms with Gasteiger partial charge in [0.05, 0.1) is 0 Å². The molecule has 0 unspecified atom stereocenters. The van der Waals surface area contributed by atoms with E-state index in [1.165, 1.54) is 13.0 Å². The molecule has 0 saturated heterocycles. The summed E-state index contributed by atoms with van der Waals surface area (Å²) in [5.41, 5.74) is 2.65. The maximum Gasteiger partial charge on any atom is 0.266 e. The van der Waals surface area contributed by atoms with Gasteiger partial charge in [0.25, 0.3) is 5.91 Å². The number of halogens is 1. The number of benzene rings is 3. The Bertz CT molecular complexity index is 1180. The average Bonchev–Trinajstić information content (AvgIpc) is 2.78. The maximum atomic E-state index is 12.7. The molecule has 6 nitrogen and oxygen atoms in total. The summed E-state index contributed by atoms with van der Waals surface area (Å²) in [6, 6.07) is 23.7. The highest BCUT2D eigenvalue weighted by Crippen LogP contribution is 2.27. The summed E-state index contributed by atoms with van der Waals surface area (Å²) in [7, 11) is 0. The van der Waals surface area contributed by atoms with Gasteiger partial charge in [-0.25, -0.2) is 0 Å². The molecule has 0 aliphatic heterocycles. The minimum absolute atomic E-state index is 0.0707. The Balaban J connectivity index is 1.77. The van der Waals surface area contributed by atoms with E-state index in [1.807, 2.05) is 42.5 Å². The molecule has 0 aromatic heterocycles. The highest BCUT2D eigenvalue weighted by molar-refractivity contribution is 9.10. The number of ether oxygens (including phenoxy) is 1. The van der Waals surface area contributed by atoms with Gasteiger partial charge in [-0.3, -0.25) is 9.59 Å². The van der Waals surface area contributed by atoms with Crippen molar-refractivity contribution in [2.75, 3.05) is 10.6 Å². The number of rotatable bonds is 7. The summed E-state index contributed by atoms with van der Waals surface area (Å²) in [6.45, 7) is 1.78. The maximum absolute atomic E-state index is 12.7. The van der Waals surface area contributed by atoms with Crippen LogP contribution < -0.4 is 15.4 Å². The normalized spacial score (nSPS) is 10.7. The van der Waals surface area contributed by atoms with Crippen LogP contribution in [0, 0.1) is 11.3 Å². The zero-order valence-corrected chi connectivity index (χ0v) is 18.8. The Kier molecular flexibility index (Phi) is 7.79. The van der Waals surface area contributed by atoms with E-state index in [0.717, 1.165) is 10.0 Å². The van der Waals surface area contributed by atoms with E-state index < -0.39 is 5.91 Å². The monoisotopic (exact) mass is 489 g/mol. The quantitative estimate of drug-likeness (QED) is 0.337. The molecule has 7 heteroatoms. The third-order valence-corrected chi connectivity index (χ3v) is 4.83. The van der Waals surface area contributed by atoms with Crippen LogP contribution in [-0.2, 0) is 16.2 Å². The second-order valence-corrected chi connectivity index (χ2v) is 7.75. The molecule has 2 amide bonds. The molecule has 0 bridgehead atoms. The second kappa shape index (κ2) is 10.9. The molecular formula is C25H20BrN3O3. The molecule has 2 N–H and O–H groups in total. The van der Waals surface area contributed by atoms with Crippen molar-refractivity contribution in [2.24, 2.45) is 0 Å². The average molecular weight is 490 g/mol. The zero-order valence-electron chi connectivity index (χ0n) is 17.3. The van der Waals surface area contributed by atoms with Crippen molar-refractivity contribution in [1.29, 1.82) is 5.26 Å². The molecule has 0 saturated carbocycles. The first-order valence-corrected chi connectivity index (χ1v) is 10.5. The first-order chi connectivity index (χ1) is 15.4. The van der Waals surface area contributed by atoms with Crippen molar-refractivity contribution in [3.63, 3.8) is 0 Å². The van der Waals surface area contributed by atoms with Gasteiger partial charge in [-0.15, -0.1) is 0 Å². The minimum Gasteiger partial charge on any atom is -0.488 e. The highest BCUT2D eigenvalue weighted by atomic mass is 79.9. The molecule has 3 aromatic carbocycles. The van der Waals surface area contributed by atoms with Gasteiger partial charge in [0.15, 0.2) is 0 Å². The van der Waals surface area contributed by atoms with Crippen LogP contribution in [-0.4, -0.2) is 11.8 Å². The van der Waals surface area contributed by atoms with Crippen LogP contribution in [0.1, 0.15) is 18.1 Å². The molecule has 0 aliphatic rings. The van der Waals surface area contributed by atoms with E-state index in [-0.39, 0.29) is 11.5 Å². The van der Waals surface area contributed by atoms with Crippen molar-refractivity contribution in [3.8, 4) is 11.8 Å². The van der Waals surface area contributed by atoms with E-state index in [9.17, 15) is 14.9 Å². The summed E-state index contributed by atoms with van der Waals surface area (Å²) in [5.74, 6) is -0.179. The Hall–Kier alpha value is -3.89. The van der Waals surface area contributed by atoms with Gasteiger partial charge in [0.1, 0.15) is 24.0 Å². The van der Waals surface area contributed by atoms with Crippen molar-refractivity contribution < 1.29 is 14.3 Å². The number of hydrogen-bond acceptors (Lipinski definition) is 4. The lowest BCUT2D eigenvalue weighted by atomic mass is 10.1. The minimum atomic E-state index is -0.547. The Morgan fingerprint density at radius 1 is 1.00 bits per heavy atom. The fourth-order valence-corrected chi connectivity index (χ4v) is 3.22. The molecule has 0 aliphatic carbocycles. The van der Waals surface area contributed by atoms with Crippen LogP contribution in [0.4, 0.5) is 11.4 Å². The number of nitrogens with zero attached hydrogens (tertiary/aromatic N) is 1. The van der Waals surface area contributed by atoms with E-state index in [0.29, 0.717) is 29.3 Å². The Morgan fingerprint density at radius 2 is 1.66 bits per heavy atom. The molecule has 0 atom stereocenters. The van der Waals surface area contributed by atoms with Crippen LogP contribution in [0.25, 0.3) is 6.08 Å². The van der Waals surface area contributed by atoms with Crippen LogP contribution in [0.2, 0.25) is 0 Å².